The third kappa shape index (κ3) is 3.96. The van der Waals surface area contributed by atoms with Gasteiger partial charge in [-0.25, -0.2) is 4.79 Å². The van der Waals surface area contributed by atoms with E-state index in [0.717, 1.165) is 9.13 Å². The number of benzene rings is 2. The van der Waals surface area contributed by atoms with Gasteiger partial charge in [-0.1, -0.05) is 30.3 Å². The largest absolute Gasteiger partial charge is 0.444 e. The third-order valence-electron chi connectivity index (χ3n) is 2.55. The molecule has 0 aliphatic rings. The summed E-state index contributed by atoms with van der Waals surface area (Å²) in [4.78, 5) is 11.7. The van der Waals surface area contributed by atoms with Crippen molar-refractivity contribution in [2.45, 2.75) is 6.61 Å². The Labute approximate surface area is 130 Å². The van der Waals surface area contributed by atoms with Gasteiger partial charge in [0.05, 0.1) is 5.56 Å². The molecule has 20 heavy (non-hydrogen) atoms. The van der Waals surface area contributed by atoms with Gasteiger partial charge in [0.25, 0.3) is 0 Å². The number of anilines is 1. The van der Waals surface area contributed by atoms with Crippen molar-refractivity contribution in [1.82, 2.24) is 0 Å². The highest BCUT2D eigenvalue weighted by Crippen LogP contribution is 2.17. The summed E-state index contributed by atoms with van der Waals surface area (Å²) in [6.45, 7) is 0.222. The van der Waals surface area contributed by atoms with Gasteiger partial charge in [-0.3, -0.25) is 5.32 Å². The molecule has 0 saturated carbocycles. The monoisotopic (exact) mass is 378 g/mol. The Kier molecular flexibility index (Phi) is 4.96. The standard InChI is InChI=1S/C15H11IN2O2/c16-14-8-13(7-6-12(14)9-17)18-15(19)20-10-11-4-2-1-3-5-11/h1-8H,10H2,(H,18,19). The molecule has 2 aromatic rings. The number of amides is 1. The minimum atomic E-state index is -0.519. The predicted octanol–water partition coefficient (Wildman–Crippen LogP) is 3.91. The van der Waals surface area contributed by atoms with Crippen LogP contribution < -0.4 is 5.32 Å². The smallest absolute Gasteiger partial charge is 0.411 e. The van der Waals surface area contributed by atoms with Crippen molar-refractivity contribution in [2.75, 3.05) is 5.32 Å². The molecular weight excluding hydrogens is 367 g/mol. The highest BCUT2D eigenvalue weighted by Gasteiger charge is 2.06. The van der Waals surface area contributed by atoms with Gasteiger partial charge < -0.3 is 4.74 Å². The Morgan fingerprint density at radius 3 is 2.65 bits per heavy atom. The van der Waals surface area contributed by atoms with Crippen molar-refractivity contribution in [3.05, 3.63) is 63.2 Å². The van der Waals surface area contributed by atoms with E-state index in [0.29, 0.717) is 11.3 Å². The Morgan fingerprint density at radius 1 is 1.25 bits per heavy atom. The van der Waals surface area contributed by atoms with Crippen LogP contribution in [0.15, 0.2) is 48.5 Å². The van der Waals surface area contributed by atoms with E-state index in [-0.39, 0.29) is 6.61 Å². The molecule has 0 unspecified atom stereocenters. The molecule has 0 radical (unpaired) electrons. The van der Waals surface area contributed by atoms with E-state index in [9.17, 15) is 4.79 Å². The second-order valence-corrected chi connectivity index (χ2v) is 5.16. The highest BCUT2D eigenvalue weighted by molar-refractivity contribution is 14.1. The summed E-state index contributed by atoms with van der Waals surface area (Å²) in [5.74, 6) is 0. The van der Waals surface area contributed by atoms with Gasteiger partial charge in [-0.2, -0.15) is 5.26 Å². The van der Waals surface area contributed by atoms with Crippen molar-refractivity contribution in [3.8, 4) is 6.07 Å². The number of carbonyl (C=O) groups is 1. The van der Waals surface area contributed by atoms with Crippen molar-refractivity contribution in [3.63, 3.8) is 0 Å². The van der Waals surface area contributed by atoms with Crippen molar-refractivity contribution in [2.24, 2.45) is 0 Å². The SMILES string of the molecule is N#Cc1ccc(NC(=O)OCc2ccccc2)cc1I. The zero-order chi connectivity index (χ0) is 14.4. The van der Waals surface area contributed by atoms with Crippen LogP contribution in [0.3, 0.4) is 0 Å². The summed E-state index contributed by atoms with van der Waals surface area (Å²) in [5, 5.41) is 11.5. The molecule has 0 fully saturated rings. The first kappa shape index (κ1) is 14.3. The summed E-state index contributed by atoms with van der Waals surface area (Å²) in [6, 6.07) is 16.6. The molecule has 0 spiro atoms. The number of nitriles is 1. The maximum absolute atomic E-state index is 11.7. The molecule has 0 heterocycles. The van der Waals surface area contributed by atoms with E-state index < -0.39 is 6.09 Å². The van der Waals surface area contributed by atoms with Crippen LogP contribution in [-0.4, -0.2) is 6.09 Å². The molecule has 2 rings (SSSR count). The number of rotatable bonds is 3. The Bertz CT molecular complexity index is 651. The van der Waals surface area contributed by atoms with Crippen LogP contribution >= 0.6 is 22.6 Å². The first-order chi connectivity index (χ1) is 9.69. The lowest BCUT2D eigenvalue weighted by molar-refractivity contribution is 0.155. The minimum absolute atomic E-state index is 0.222. The topological polar surface area (TPSA) is 62.1 Å². The Hall–Kier alpha value is -2.07. The van der Waals surface area contributed by atoms with E-state index in [2.05, 4.69) is 11.4 Å². The quantitative estimate of drug-likeness (QED) is 0.824. The molecule has 0 saturated heterocycles. The van der Waals surface area contributed by atoms with Gasteiger partial charge >= 0.3 is 6.09 Å². The van der Waals surface area contributed by atoms with Gasteiger partial charge in [0.2, 0.25) is 0 Å². The lowest BCUT2D eigenvalue weighted by Gasteiger charge is -2.07. The average Bonchev–Trinajstić information content (AvgIpc) is 2.46. The van der Waals surface area contributed by atoms with Gasteiger partial charge in [0, 0.05) is 9.26 Å². The first-order valence-corrected chi connectivity index (χ1v) is 6.94. The fourth-order valence-electron chi connectivity index (χ4n) is 1.56. The molecule has 5 heteroatoms. The first-order valence-electron chi connectivity index (χ1n) is 5.86. The van der Waals surface area contributed by atoms with Crippen LogP contribution in [0.5, 0.6) is 0 Å². The van der Waals surface area contributed by atoms with Crippen molar-refractivity contribution < 1.29 is 9.53 Å². The molecule has 0 atom stereocenters. The highest BCUT2D eigenvalue weighted by atomic mass is 127. The number of nitrogens with zero attached hydrogens (tertiary/aromatic N) is 1. The lowest BCUT2D eigenvalue weighted by Crippen LogP contribution is -2.13. The molecule has 0 aromatic heterocycles. The zero-order valence-corrected chi connectivity index (χ0v) is 12.6. The molecule has 2 aromatic carbocycles. The van der Waals surface area contributed by atoms with Crippen LogP contribution in [0.1, 0.15) is 11.1 Å². The van der Waals surface area contributed by atoms with Crippen molar-refractivity contribution >= 4 is 34.4 Å². The fraction of sp³-hybridized carbons (Fsp3) is 0.0667. The molecule has 1 amide bonds. The maximum Gasteiger partial charge on any atom is 0.411 e. The lowest BCUT2D eigenvalue weighted by atomic mass is 10.2. The number of hydrogen-bond donors (Lipinski definition) is 1. The number of ether oxygens (including phenoxy) is 1. The van der Waals surface area contributed by atoms with E-state index in [4.69, 9.17) is 10.00 Å². The fourth-order valence-corrected chi connectivity index (χ4v) is 2.20. The Balaban J connectivity index is 1.92. The minimum Gasteiger partial charge on any atom is -0.444 e. The van der Waals surface area contributed by atoms with Crippen molar-refractivity contribution in [1.29, 1.82) is 5.26 Å². The molecule has 100 valence electrons. The average molecular weight is 378 g/mol. The van der Waals surface area contributed by atoms with E-state index >= 15 is 0 Å². The van der Waals surface area contributed by atoms with E-state index in [1.807, 2.05) is 52.9 Å². The summed E-state index contributed by atoms with van der Waals surface area (Å²) in [6.07, 6.45) is -0.519. The van der Waals surface area contributed by atoms with E-state index in [1.54, 1.807) is 18.2 Å². The number of halogens is 1. The van der Waals surface area contributed by atoms with Gasteiger partial charge in [-0.15, -0.1) is 0 Å². The Morgan fingerprint density at radius 2 is 2.00 bits per heavy atom. The molecular formula is C15H11IN2O2. The van der Waals surface area contributed by atoms with Crippen LogP contribution in [0.2, 0.25) is 0 Å². The zero-order valence-electron chi connectivity index (χ0n) is 10.5. The number of carbonyl (C=O) groups excluding carboxylic acids is 1. The summed E-state index contributed by atoms with van der Waals surface area (Å²) < 4.78 is 5.89. The number of hydrogen-bond acceptors (Lipinski definition) is 3. The maximum atomic E-state index is 11.7. The summed E-state index contributed by atoms with van der Waals surface area (Å²) in [5.41, 5.74) is 2.11. The molecule has 0 aliphatic heterocycles. The number of nitrogens with one attached hydrogen (secondary N) is 1. The van der Waals surface area contributed by atoms with Crippen LogP contribution in [0.4, 0.5) is 10.5 Å². The van der Waals surface area contributed by atoms with Gasteiger partial charge in [0.1, 0.15) is 12.7 Å². The van der Waals surface area contributed by atoms with Crippen LogP contribution in [0, 0.1) is 14.9 Å². The van der Waals surface area contributed by atoms with Crippen LogP contribution in [0.25, 0.3) is 0 Å². The molecule has 0 aliphatic carbocycles. The summed E-state index contributed by atoms with van der Waals surface area (Å²) >= 11 is 2.05. The third-order valence-corrected chi connectivity index (χ3v) is 3.44. The second-order valence-electron chi connectivity index (χ2n) is 3.99. The predicted molar refractivity (Wildman–Crippen MR) is 84.1 cm³/mol. The molecule has 1 N–H and O–H groups in total. The van der Waals surface area contributed by atoms with E-state index in [1.165, 1.54) is 0 Å². The molecule has 4 nitrogen and oxygen atoms in total. The normalized spacial score (nSPS) is 9.60. The molecule has 0 bridgehead atoms. The van der Waals surface area contributed by atoms with Crippen LogP contribution in [-0.2, 0) is 11.3 Å². The summed E-state index contributed by atoms with van der Waals surface area (Å²) in [7, 11) is 0. The van der Waals surface area contributed by atoms with Gasteiger partial charge in [-0.05, 0) is 46.4 Å². The second kappa shape index (κ2) is 6.91. The van der Waals surface area contributed by atoms with Gasteiger partial charge in [0.15, 0.2) is 0 Å².